The third-order valence-corrected chi connectivity index (χ3v) is 4.00. The van der Waals surface area contributed by atoms with E-state index in [1.807, 2.05) is 0 Å². The highest BCUT2D eigenvalue weighted by Crippen LogP contribution is 2.32. The molecule has 0 atom stereocenters. The first kappa shape index (κ1) is 13.7. The second-order valence-corrected chi connectivity index (χ2v) is 6.65. The Balaban J connectivity index is 2.28. The molecule has 1 nitrogen and oxygen atoms in total. The monoisotopic (exact) mass is 224 g/mol. The Morgan fingerprint density at radius 2 is 1.69 bits per heavy atom. The molecule has 0 aliphatic heterocycles. The summed E-state index contributed by atoms with van der Waals surface area (Å²) < 4.78 is 0. The van der Waals surface area contributed by atoms with Gasteiger partial charge >= 0.3 is 0 Å². The van der Waals surface area contributed by atoms with Gasteiger partial charge in [0.15, 0.2) is 0 Å². The molecular formula is C15H28O. The molecule has 1 rings (SSSR count). The third-order valence-electron chi connectivity index (χ3n) is 4.00. The Kier molecular flexibility index (Phi) is 5.01. The van der Waals surface area contributed by atoms with Gasteiger partial charge in [0.05, 0.1) is 0 Å². The van der Waals surface area contributed by atoms with Gasteiger partial charge in [0, 0.05) is 12.3 Å². The zero-order chi connectivity index (χ0) is 12.2. The van der Waals surface area contributed by atoms with Gasteiger partial charge in [0.2, 0.25) is 0 Å². The Morgan fingerprint density at radius 1 is 1.12 bits per heavy atom. The highest BCUT2D eigenvalue weighted by molar-refractivity contribution is 5.81. The molecule has 0 saturated heterocycles. The van der Waals surface area contributed by atoms with E-state index in [2.05, 4.69) is 27.7 Å². The average molecular weight is 224 g/mol. The van der Waals surface area contributed by atoms with Crippen molar-refractivity contribution in [1.82, 2.24) is 0 Å². The predicted octanol–water partition coefficient (Wildman–Crippen LogP) is 4.60. The Labute approximate surface area is 101 Å². The van der Waals surface area contributed by atoms with Crippen molar-refractivity contribution in [3.63, 3.8) is 0 Å². The van der Waals surface area contributed by atoms with Gasteiger partial charge in [-0.1, -0.05) is 34.1 Å². The molecular weight excluding hydrogens is 196 g/mol. The van der Waals surface area contributed by atoms with E-state index in [-0.39, 0.29) is 0 Å². The van der Waals surface area contributed by atoms with Gasteiger partial charge in [-0.3, -0.25) is 4.79 Å². The van der Waals surface area contributed by atoms with Gasteiger partial charge in [-0.25, -0.2) is 0 Å². The zero-order valence-electron chi connectivity index (χ0n) is 11.5. The van der Waals surface area contributed by atoms with Crippen molar-refractivity contribution in [1.29, 1.82) is 0 Å². The molecule has 1 aliphatic carbocycles. The maximum Gasteiger partial charge on any atom is 0.135 e. The summed E-state index contributed by atoms with van der Waals surface area (Å²) in [6, 6.07) is 0. The van der Waals surface area contributed by atoms with Crippen LogP contribution in [0.1, 0.15) is 72.6 Å². The molecule has 16 heavy (non-hydrogen) atoms. The predicted molar refractivity (Wildman–Crippen MR) is 69.4 cm³/mol. The van der Waals surface area contributed by atoms with E-state index < -0.39 is 0 Å². The van der Waals surface area contributed by atoms with E-state index >= 15 is 0 Å². The van der Waals surface area contributed by atoms with Crippen LogP contribution < -0.4 is 0 Å². The van der Waals surface area contributed by atoms with E-state index in [1.54, 1.807) is 0 Å². The number of ketones is 1. The van der Waals surface area contributed by atoms with Gasteiger partial charge in [-0.15, -0.1) is 0 Å². The number of carbonyl (C=O) groups is 1. The van der Waals surface area contributed by atoms with Gasteiger partial charge in [-0.05, 0) is 43.4 Å². The minimum Gasteiger partial charge on any atom is -0.299 e. The van der Waals surface area contributed by atoms with Crippen molar-refractivity contribution in [2.45, 2.75) is 72.6 Å². The lowest BCUT2D eigenvalue weighted by molar-refractivity contribution is -0.124. The maximum atomic E-state index is 12.0. The summed E-state index contributed by atoms with van der Waals surface area (Å²) >= 11 is 0. The van der Waals surface area contributed by atoms with Crippen LogP contribution in [0.25, 0.3) is 0 Å². The minimum atomic E-state index is 0.302. The lowest BCUT2D eigenvalue weighted by Gasteiger charge is -2.27. The summed E-state index contributed by atoms with van der Waals surface area (Å²) in [5, 5.41) is 0. The smallest absolute Gasteiger partial charge is 0.135 e. The highest BCUT2D eigenvalue weighted by atomic mass is 16.1. The van der Waals surface area contributed by atoms with Gasteiger partial charge in [0.1, 0.15) is 5.78 Å². The molecule has 0 aromatic rings. The fraction of sp³-hybridized carbons (Fsp3) is 0.933. The standard InChI is InChI=1S/C15H28O/c1-5-12-6-8-13(9-7-12)14(16)10-11-15(2,3)4/h12-13H,5-11H2,1-4H3. The molecule has 1 heteroatoms. The van der Waals surface area contributed by atoms with Crippen LogP contribution in [-0.4, -0.2) is 5.78 Å². The molecule has 0 heterocycles. The number of hydrogen-bond acceptors (Lipinski definition) is 1. The largest absolute Gasteiger partial charge is 0.299 e. The summed E-state index contributed by atoms with van der Waals surface area (Å²) in [4.78, 5) is 12.0. The number of carbonyl (C=O) groups excluding carboxylic acids is 1. The molecule has 0 amide bonds. The summed E-state index contributed by atoms with van der Waals surface area (Å²) in [6.45, 7) is 8.92. The van der Waals surface area contributed by atoms with Crippen LogP contribution in [0, 0.1) is 17.3 Å². The van der Waals surface area contributed by atoms with E-state index in [4.69, 9.17) is 0 Å². The summed E-state index contributed by atoms with van der Waals surface area (Å²) in [7, 11) is 0. The fourth-order valence-electron chi connectivity index (χ4n) is 2.59. The number of rotatable bonds is 4. The average Bonchev–Trinajstić information content (AvgIpc) is 2.25. The zero-order valence-corrected chi connectivity index (χ0v) is 11.5. The van der Waals surface area contributed by atoms with E-state index in [0.29, 0.717) is 17.1 Å². The van der Waals surface area contributed by atoms with Crippen LogP contribution in [0.5, 0.6) is 0 Å². The van der Waals surface area contributed by atoms with Crippen LogP contribution in [0.2, 0.25) is 0 Å². The van der Waals surface area contributed by atoms with Crippen molar-refractivity contribution in [2.24, 2.45) is 17.3 Å². The van der Waals surface area contributed by atoms with Crippen molar-refractivity contribution >= 4 is 5.78 Å². The molecule has 1 saturated carbocycles. The molecule has 1 fully saturated rings. The summed E-state index contributed by atoms with van der Waals surface area (Å²) in [5.41, 5.74) is 0.302. The second kappa shape index (κ2) is 5.84. The Morgan fingerprint density at radius 3 is 2.12 bits per heavy atom. The van der Waals surface area contributed by atoms with Crippen LogP contribution in [0.15, 0.2) is 0 Å². The van der Waals surface area contributed by atoms with Crippen LogP contribution in [-0.2, 0) is 4.79 Å². The van der Waals surface area contributed by atoms with Crippen molar-refractivity contribution in [3.05, 3.63) is 0 Å². The lowest BCUT2D eigenvalue weighted by Crippen LogP contribution is -2.22. The normalized spacial score (nSPS) is 26.8. The van der Waals surface area contributed by atoms with E-state index in [9.17, 15) is 4.79 Å². The molecule has 0 spiro atoms. The lowest BCUT2D eigenvalue weighted by atomic mass is 9.77. The van der Waals surface area contributed by atoms with Crippen LogP contribution in [0.3, 0.4) is 0 Å². The molecule has 0 N–H and O–H groups in total. The number of Topliss-reactive ketones (excluding diaryl/α,β-unsaturated/α-hetero) is 1. The third kappa shape index (κ3) is 4.67. The van der Waals surface area contributed by atoms with Gasteiger partial charge < -0.3 is 0 Å². The first-order valence-corrected chi connectivity index (χ1v) is 6.95. The first-order valence-electron chi connectivity index (χ1n) is 6.95. The van der Waals surface area contributed by atoms with Crippen LogP contribution in [0.4, 0.5) is 0 Å². The van der Waals surface area contributed by atoms with E-state index in [0.717, 1.165) is 31.6 Å². The molecule has 1 aliphatic rings. The Bertz CT molecular complexity index is 216. The maximum absolute atomic E-state index is 12.0. The quantitative estimate of drug-likeness (QED) is 0.682. The molecule has 0 bridgehead atoms. The fourth-order valence-corrected chi connectivity index (χ4v) is 2.59. The highest BCUT2D eigenvalue weighted by Gasteiger charge is 2.25. The molecule has 0 aromatic carbocycles. The number of hydrogen-bond donors (Lipinski definition) is 0. The van der Waals surface area contributed by atoms with Crippen molar-refractivity contribution in [2.75, 3.05) is 0 Å². The topological polar surface area (TPSA) is 17.1 Å². The minimum absolute atomic E-state index is 0.302. The molecule has 94 valence electrons. The Hall–Kier alpha value is -0.330. The first-order chi connectivity index (χ1) is 7.42. The second-order valence-electron chi connectivity index (χ2n) is 6.65. The van der Waals surface area contributed by atoms with Crippen LogP contribution >= 0.6 is 0 Å². The van der Waals surface area contributed by atoms with E-state index in [1.165, 1.54) is 19.3 Å². The molecule has 0 aromatic heterocycles. The molecule has 0 unspecified atom stereocenters. The van der Waals surface area contributed by atoms with Gasteiger partial charge in [0.25, 0.3) is 0 Å². The summed E-state index contributed by atoms with van der Waals surface area (Å²) in [5.74, 6) is 1.82. The van der Waals surface area contributed by atoms with Gasteiger partial charge in [-0.2, -0.15) is 0 Å². The molecule has 0 radical (unpaired) electrons. The SMILES string of the molecule is CCC1CCC(C(=O)CCC(C)(C)C)CC1. The van der Waals surface area contributed by atoms with Crippen molar-refractivity contribution < 1.29 is 4.79 Å². The van der Waals surface area contributed by atoms with Crippen molar-refractivity contribution in [3.8, 4) is 0 Å². The summed E-state index contributed by atoms with van der Waals surface area (Å²) in [6.07, 6.45) is 8.00.